The molecular weight excluding hydrogens is 1980 g/mol. The summed E-state index contributed by atoms with van der Waals surface area (Å²) in [5.74, 6) is -7.65. The van der Waals surface area contributed by atoms with Crippen LogP contribution in [0.2, 0.25) is 103 Å². The highest BCUT2D eigenvalue weighted by atomic mass is 28.3. The second-order valence-corrected chi connectivity index (χ2v) is 69.1. The predicted octanol–water partition coefficient (Wildman–Crippen LogP) is 15.1. The minimum Gasteiger partial charge on any atom is -0.466 e. The van der Waals surface area contributed by atoms with E-state index in [1.54, 1.807) is 13.8 Å². The van der Waals surface area contributed by atoms with Gasteiger partial charge in [-0.15, -0.1) is 0 Å². The number of Topliss-reactive ketones (excluding diaryl/α,β-unsaturated/α-hetero) is 8. The fraction of sp³-hybridized carbons (Fsp3) is 0.661. The number of benzene rings is 3. The number of nitrogens with one attached hydrogen (secondary N) is 10. The van der Waals surface area contributed by atoms with Crippen LogP contribution in [0.1, 0.15) is 230 Å². The summed E-state index contributed by atoms with van der Waals surface area (Å²) in [5.41, 5.74) is 3.85. The van der Waals surface area contributed by atoms with Crippen LogP contribution < -0.4 is 53.2 Å². The molecule has 3 aromatic rings. The number of hydrogen-bond acceptors (Lipinski definition) is 24. The molecule has 0 bridgehead atoms. The normalized spacial score (nSPS) is 13.6. The zero-order chi connectivity index (χ0) is 115. The van der Waals surface area contributed by atoms with Crippen molar-refractivity contribution in [1.82, 2.24) is 53.2 Å². The molecule has 0 fully saturated rings. The molecule has 150 heavy (non-hydrogen) atoms. The molecule has 0 aliphatic heterocycles. The number of hydrogen-bond donors (Lipinski definition) is 10. The number of ether oxygens (including phenoxy) is 4. The van der Waals surface area contributed by atoms with Crippen molar-refractivity contribution in [3.05, 3.63) is 107 Å². The van der Waals surface area contributed by atoms with Crippen LogP contribution in [0.5, 0.6) is 0 Å². The Kier molecular flexibility index (Phi) is 67.4. The van der Waals surface area contributed by atoms with E-state index in [1.165, 1.54) is 40.2 Å². The van der Waals surface area contributed by atoms with E-state index in [4.69, 9.17) is 18.9 Å². The van der Waals surface area contributed by atoms with Gasteiger partial charge < -0.3 is 72.1 Å². The summed E-state index contributed by atoms with van der Waals surface area (Å²) < 4.78 is 20.8. The fourth-order valence-corrected chi connectivity index (χ4v) is 17.5. The van der Waals surface area contributed by atoms with Gasteiger partial charge in [0.05, 0.1) is 89.1 Å². The number of aryl methyl sites for hydroxylation is 1. The van der Waals surface area contributed by atoms with Gasteiger partial charge in [-0.1, -0.05) is 254 Å². The Hall–Kier alpha value is -10.9. The van der Waals surface area contributed by atoms with Gasteiger partial charge in [-0.2, -0.15) is 0 Å². The summed E-state index contributed by atoms with van der Waals surface area (Å²) >= 11 is 0. The SMILES string of the molecule is CC(=O)CNC(=O)[C@@H](CC(=O)CNC(=O)CCC(=O)OCC[Si](C)(C)C)Cc1ccccc1.CC(=O)CNC(=O)[C@@H](CC(=O)[C@H](Cc1ccccc1)NC(=O)CCC(=O)OCC[Si](C)(C)C)CC(C)C.CC(=O)[C@H](CC(C)C)NC(=O)[C@H](C)CC(=O)[C@H](CC(C)C)NC(=O)[C@H](C)NC(=O)OCC[Si](C)(C)C.CCc1ccc(CC(=O)[C@@H](CC(C)C)NC(=O)[C@H](C)CC(=O)[C@H](CC(C)C)NC(=O)[C@H](C)NC(=O)OCC[Si](C)(C)C)cc1. The van der Waals surface area contributed by atoms with E-state index in [0.717, 1.165) is 47.3 Å². The van der Waals surface area contributed by atoms with Gasteiger partial charge >= 0.3 is 24.1 Å². The molecule has 0 aliphatic carbocycles. The molecular formula is C112H186N10O24Si4. The van der Waals surface area contributed by atoms with Crippen molar-refractivity contribution in [3.63, 3.8) is 0 Å². The van der Waals surface area contributed by atoms with Crippen molar-refractivity contribution in [3.8, 4) is 0 Å². The standard InChI is InChI=1S/C34H57N3O6Si.C28H44N2O6Si.C26H49N3O6Si.C24H36N2O6Si/c1-11-26-12-14-27(15-13-26)21-31(39)29(19-23(4)5)36-32(40)24(6)20-30(38)28(18-22(2)3)37-33(41)25(7)35-34(42)43-16-17-44(8,9)10;1-20(2)16-23(28(35)29-19-21(3)31)18-25(32)24(17-22-10-8-7-9-11-22)30-26(33)12-13-27(34)36-14-15-37(4,5)6;1-16(2)13-21(20(7)30)28-24(32)18(5)15-23(31)22(14-17(3)4)29-25(33)19(6)27-26(34)35-11-12-36(8,9)10;1-18(27)16-26-24(31)20(14-19-8-6-5-7-9-19)15-21(28)17-25-22(29)10-11-23(30)32-12-13-33(2,3)4/h12-15,22-25,28-29H,11,16-21H2,1-10H3,(H,35,42)(H,36,40)(H,37,41);7-11,20,23-24H,12-19H2,1-6H3,(H,29,35)(H,30,33);16-19,21-22H,11-15H2,1-10H3,(H,27,34)(H,28,32)(H,29,33);5-9,20H,10-17H2,1-4H3,(H,25,29)(H,26,31)/t24-,25+,28+,29-;23-,24+;18-,19+,21+,22+;20-/m1111/s1. The Morgan fingerprint density at radius 3 is 0.993 bits per heavy atom. The largest absolute Gasteiger partial charge is 0.466 e. The van der Waals surface area contributed by atoms with Crippen LogP contribution in [-0.2, 0) is 131 Å². The van der Waals surface area contributed by atoms with Crippen LogP contribution in [-0.4, -0.2) is 238 Å². The summed E-state index contributed by atoms with van der Waals surface area (Å²) in [6, 6.07) is 24.4. The average Bonchev–Trinajstić information content (AvgIpc) is 0.855. The highest BCUT2D eigenvalue weighted by Crippen LogP contribution is 2.24. The molecule has 0 saturated carbocycles. The number of ketones is 8. The van der Waals surface area contributed by atoms with Gasteiger partial charge in [0.15, 0.2) is 34.7 Å². The maximum atomic E-state index is 13.3. The highest BCUT2D eigenvalue weighted by molar-refractivity contribution is 6.77. The molecule has 11 atom stereocenters. The molecule has 3 aromatic carbocycles. The summed E-state index contributed by atoms with van der Waals surface area (Å²) in [5, 5.41) is 26.6. The third-order valence-electron chi connectivity index (χ3n) is 23.7. The Morgan fingerprint density at radius 2 is 0.627 bits per heavy atom. The second kappa shape index (κ2) is 72.6. The van der Waals surface area contributed by atoms with Gasteiger partial charge in [0.2, 0.25) is 47.3 Å². The molecule has 38 heteroatoms. The van der Waals surface area contributed by atoms with Crippen molar-refractivity contribution in [2.24, 2.45) is 53.3 Å². The number of rotatable bonds is 67. The summed E-state index contributed by atoms with van der Waals surface area (Å²) in [4.78, 5) is 249. The molecule has 0 spiro atoms. The zero-order valence-electron chi connectivity index (χ0n) is 95.9. The Labute approximate surface area is 898 Å². The number of carbonyl (C=O) groups excluding carboxylic acids is 20. The van der Waals surface area contributed by atoms with E-state index < -0.39 is 146 Å². The van der Waals surface area contributed by atoms with E-state index in [1.807, 2.05) is 154 Å². The van der Waals surface area contributed by atoms with Gasteiger partial charge in [0.25, 0.3) is 0 Å². The van der Waals surface area contributed by atoms with E-state index in [2.05, 4.69) is 139 Å². The predicted molar refractivity (Wildman–Crippen MR) is 598 cm³/mol. The fourth-order valence-electron chi connectivity index (χ4n) is 14.6. The number of amides is 10. The Bertz CT molecular complexity index is 4760. The van der Waals surface area contributed by atoms with Crippen molar-refractivity contribution in [1.29, 1.82) is 0 Å². The van der Waals surface area contributed by atoms with Crippen molar-refractivity contribution < 1.29 is 115 Å². The lowest BCUT2D eigenvalue weighted by molar-refractivity contribution is -0.145. The zero-order valence-corrected chi connectivity index (χ0v) is 99.9. The van der Waals surface area contributed by atoms with Crippen molar-refractivity contribution in [2.45, 2.75) is 379 Å². The first-order valence-electron chi connectivity index (χ1n) is 53.3. The van der Waals surface area contributed by atoms with Gasteiger partial charge in [-0.05, 0) is 162 Å². The van der Waals surface area contributed by atoms with Crippen molar-refractivity contribution >= 4 is 150 Å². The van der Waals surface area contributed by atoms with Gasteiger partial charge in [0, 0.05) is 101 Å². The molecule has 0 aliphatic rings. The summed E-state index contributed by atoms with van der Waals surface area (Å²) in [6.45, 7) is 59.3. The van der Waals surface area contributed by atoms with Crippen LogP contribution in [0.4, 0.5) is 9.59 Å². The molecule has 34 nitrogen and oxygen atoms in total. The van der Waals surface area contributed by atoms with Crippen LogP contribution in [0.25, 0.3) is 0 Å². The van der Waals surface area contributed by atoms with Crippen LogP contribution >= 0.6 is 0 Å². The second-order valence-electron chi connectivity index (χ2n) is 46.6. The number of esters is 2. The molecule has 0 heterocycles. The van der Waals surface area contributed by atoms with Gasteiger partial charge in [-0.3, -0.25) is 86.3 Å². The van der Waals surface area contributed by atoms with E-state index in [0.29, 0.717) is 65.0 Å². The third-order valence-corrected chi connectivity index (χ3v) is 30.5. The van der Waals surface area contributed by atoms with E-state index >= 15 is 0 Å². The monoisotopic (exact) mass is 2170 g/mol. The quantitative estimate of drug-likeness (QED) is 0.0142. The topological polar surface area (TPSA) is 499 Å². The van der Waals surface area contributed by atoms with Crippen molar-refractivity contribution in [2.75, 3.05) is 46.1 Å². The molecule has 0 saturated heterocycles. The molecule has 3 rings (SSSR count). The third kappa shape index (κ3) is 70.3. The minimum absolute atomic E-state index is 0.0458. The minimum atomic E-state index is -1.37. The lowest BCUT2D eigenvalue weighted by Crippen LogP contribution is -2.51. The summed E-state index contributed by atoms with van der Waals surface area (Å²) in [7, 11) is -5.33. The highest BCUT2D eigenvalue weighted by Gasteiger charge is 2.36. The van der Waals surface area contributed by atoms with Crippen LogP contribution in [0.3, 0.4) is 0 Å². The van der Waals surface area contributed by atoms with Crippen LogP contribution in [0.15, 0.2) is 84.9 Å². The maximum absolute atomic E-state index is 13.3. The molecule has 0 radical (unpaired) electrons. The Morgan fingerprint density at radius 1 is 0.293 bits per heavy atom. The molecule has 10 N–H and O–H groups in total. The molecule has 844 valence electrons. The molecule has 10 amide bonds. The molecule has 0 unspecified atom stereocenters. The number of alkyl carbamates (subject to hydrolysis) is 2. The first-order valence-corrected chi connectivity index (χ1v) is 68.2. The molecule has 0 aromatic heterocycles. The lowest BCUT2D eigenvalue weighted by Gasteiger charge is -2.25. The van der Waals surface area contributed by atoms with E-state index in [9.17, 15) is 95.9 Å². The van der Waals surface area contributed by atoms with Gasteiger partial charge in [0.1, 0.15) is 23.7 Å². The first-order chi connectivity index (χ1) is 69.6. The first kappa shape index (κ1) is 139. The number of carbonyl (C=O) groups is 20. The Balaban J connectivity index is 0.00000198. The smallest absolute Gasteiger partial charge is 0.407 e. The lowest BCUT2D eigenvalue weighted by atomic mass is 9.88. The van der Waals surface area contributed by atoms with E-state index in [-0.39, 0.29) is 183 Å². The maximum Gasteiger partial charge on any atom is 0.407 e. The van der Waals surface area contributed by atoms with Gasteiger partial charge in [-0.25, -0.2) is 9.59 Å². The average molecular weight is 2170 g/mol. The summed E-state index contributed by atoms with van der Waals surface area (Å²) in [6.07, 6.45) is 2.14. The van der Waals surface area contributed by atoms with Crippen LogP contribution in [0, 0.1) is 53.3 Å².